The number of aromatic nitrogens is 2. The highest BCUT2D eigenvalue weighted by Gasteiger charge is 2.13. The van der Waals surface area contributed by atoms with E-state index in [1.54, 1.807) is 12.4 Å². The molecule has 0 aliphatic rings. The lowest BCUT2D eigenvalue weighted by Crippen LogP contribution is -2.13. The number of hydrogen-bond donors (Lipinski definition) is 1. The Kier molecular flexibility index (Phi) is 3.27. The molecule has 0 saturated carbocycles. The largest absolute Gasteiger partial charge is 0.296 e. The third kappa shape index (κ3) is 2.50. The van der Waals surface area contributed by atoms with Crippen molar-refractivity contribution in [2.24, 2.45) is 0 Å². The average molecular weight is 334 g/mol. The standard InChI is InChI=1S/C13H8BrN3OS/c14-10-7-16-13(19-10)17-12(18)11-9-4-2-1-3-8(9)5-6-15-11/h1-7H,(H,16,17,18). The maximum absolute atomic E-state index is 12.2. The molecule has 19 heavy (non-hydrogen) atoms. The molecule has 1 N–H and O–H groups in total. The van der Waals surface area contributed by atoms with E-state index in [9.17, 15) is 4.79 Å². The van der Waals surface area contributed by atoms with Gasteiger partial charge in [-0.25, -0.2) is 4.98 Å². The summed E-state index contributed by atoms with van der Waals surface area (Å²) in [5, 5.41) is 5.12. The Balaban J connectivity index is 1.97. The molecule has 1 amide bonds. The number of halogens is 1. The van der Waals surface area contributed by atoms with E-state index in [2.05, 4.69) is 31.2 Å². The van der Waals surface area contributed by atoms with Gasteiger partial charge >= 0.3 is 0 Å². The van der Waals surface area contributed by atoms with Crippen LogP contribution in [0.25, 0.3) is 10.8 Å². The third-order valence-electron chi connectivity index (χ3n) is 2.59. The summed E-state index contributed by atoms with van der Waals surface area (Å²) in [5.41, 5.74) is 0.407. The van der Waals surface area contributed by atoms with E-state index in [1.807, 2.05) is 30.3 Å². The van der Waals surface area contributed by atoms with E-state index in [0.29, 0.717) is 10.8 Å². The zero-order valence-corrected chi connectivity index (χ0v) is 12.0. The molecule has 0 spiro atoms. The van der Waals surface area contributed by atoms with E-state index < -0.39 is 0 Å². The molecule has 1 aromatic carbocycles. The van der Waals surface area contributed by atoms with Gasteiger partial charge in [-0.3, -0.25) is 15.1 Å². The lowest BCUT2D eigenvalue weighted by atomic mass is 10.1. The van der Waals surface area contributed by atoms with Gasteiger partial charge in [-0.15, -0.1) is 0 Å². The Bertz CT molecular complexity index is 751. The number of benzene rings is 1. The number of hydrogen-bond acceptors (Lipinski definition) is 4. The summed E-state index contributed by atoms with van der Waals surface area (Å²) in [5.74, 6) is -0.251. The lowest BCUT2D eigenvalue weighted by molar-refractivity contribution is 0.102. The lowest BCUT2D eigenvalue weighted by Gasteiger charge is -2.04. The molecule has 0 unspecified atom stereocenters. The van der Waals surface area contributed by atoms with Crippen molar-refractivity contribution in [3.05, 3.63) is 52.2 Å². The van der Waals surface area contributed by atoms with Gasteiger partial charge in [-0.2, -0.15) is 0 Å². The Morgan fingerprint density at radius 1 is 1.21 bits per heavy atom. The minimum absolute atomic E-state index is 0.251. The van der Waals surface area contributed by atoms with Crippen LogP contribution >= 0.6 is 27.3 Å². The second kappa shape index (κ2) is 5.07. The normalized spacial score (nSPS) is 10.6. The van der Waals surface area contributed by atoms with E-state index >= 15 is 0 Å². The number of rotatable bonds is 2. The van der Waals surface area contributed by atoms with Gasteiger partial charge in [0.05, 0.1) is 9.98 Å². The van der Waals surface area contributed by atoms with Crippen molar-refractivity contribution in [3.8, 4) is 0 Å². The zero-order chi connectivity index (χ0) is 13.2. The van der Waals surface area contributed by atoms with Gasteiger partial charge in [0.25, 0.3) is 5.91 Å². The van der Waals surface area contributed by atoms with E-state index in [1.165, 1.54) is 11.3 Å². The van der Waals surface area contributed by atoms with Gasteiger partial charge in [0.15, 0.2) is 5.13 Å². The molecule has 0 saturated heterocycles. The third-order valence-corrected chi connectivity index (χ3v) is 3.98. The number of thiazole rings is 1. The Morgan fingerprint density at radius 3 is 2.84 bits per heavy atom. The molecule has 0 atom stereocenters. The van der Waals surface area contributed by atoms with E-state index in [4.69, 9.17) is 0 Å². The molecule has 6 heteroatoms. The summed E-state index contributed by atoms with van der Waals surface area (Å²) in [6, 6.07) is 9.54. The van der Waals surface area contributed by atoms with Crippen LogP contribution in [0.3, 0.4) is 0 Å². The minimum Gasteiger partial charge on any atom is -0.296 e. The van der Waals surface area contributed by atoms with Crippen LogP contribution in [0.5, 0.6) is 0 Å². The fourth-order valence-corrected chi connectivity index (χ4v) is 2.87. The van der Waals surface area contributed by atoms with Crippen LogP contribution in [0.1, 0.15) is 10.5 Å². The van der Waals surface area contributed by atoms with Crippen LogP contribution in [0.4, 0.5) is 5.13 Å². The second-order valence-corrected chi connectivity index (χ2v) is 6.21. The summed E-state index contributed by atoms with van der Waals surface area (Å²) in [6.07, 6.45) is 3.28. The summed E-state index contributed by atoms with van der Waals surface area (Å²) in [4.78, 5) is 20.5. The smallest absolute Gasteiger partial charge is 0.276 e. The number of pyridine rings is 1. The van der Waals surface area contributed by atoms with Gasteiger partial charge in [-0.1, -0.05) is 35.6 Å². The van der Waals surface area contributed by atoms with Crippen molar-refractivity contribution in [1.29, 1.82) is 0 Å². The predicted molar refractivity (Wildman–Crippen MR) is 79.5 cm³/mol. The molecule has 0 fully saturated rings. The number of carbonyl (C=O) groups excluding carboxylic acids is 1. The van der Waals surface area contributed by atoms with Gasteiger partial charge < -0.3 is 0 Å². The van der Waals surface area contributed by atoms with Gasteiger partial charge in [0, 0.05) is 11.6 Å². The number of anilines is 1. The maximum atomic E-state index is 12.2. The first-order valence-electron chi connectivity index (χ1n) is 5.50. The van der Waals surface area contributed by atoms with Crippen LogP contribution in [0.2, 0.25) is 0 Å². The molecule has 0 radical (unpaired) electrons. The SMILES string of the molecule is O=C(Nc1ncc(Br)s1)c1nccc2ccccc12. The fourth-order valence-electron chi connectivity index (χ4n) is 1.77. The molecule has 94 valence electrons. The summed E-state index contributed by atoms with van der Waals surface area (Å²) < 4.78 is 0.869. The second-order valence-electron chi connectivity index (χ2n) is 3.80. The van der Waals surface area contributed by atoms with Crippen LogP contribution in [0, 0.1) is 0 Å². The van der Waals surface area contributed by atoms with Crippen LogP contribution < -0.4 is 5.32 Å². The van der Waals surface area contributed by atoms with Gasteiger partial charge in [0.1, 0.15) is 5.69 Å². The monoisotopic (exact) mass is 333 g/mol. The van der Waals surface area contributed by atoms with E-state index in [-0.39, 0.29) is 5.91 Å². The quantitative estimate of drug-likeness (QED) is 0.777. The van der Waals surface area contributed by atoms with Crippen molar-refractivity contribution in [1.82, 2.24) is 9.97 Å². The molecule has 0 aliphatic carbocycles. The first-order chi connectivity index (χ1) is 9.24. The van der Waals surface area contributed by atoms with Crippen LogP contribution in [0.15, 0.2) is 46.5 Å². The molecule has 3 rings (SSSR count). The molecular formula is C13H8BrN3OS. The average Bonchev–Trinajstić information content (AvgIpc) is 2.83. The fraction of sp³-hybridized carbons (Fsp3) is 0. The predicted octanol–water partition coefficient (Wildman–Crippen LogP) is 3.71. The van der Waals surface area contributed by atoms with Crippen molar-refractivity contribution < 1.29 is 4.79 Å². The molecule has 0 aliphatic heterocycles. The Labute approximate surface area is 121 Å². The summed E-state index contributed by atoms with van der Waals surface area (Å²) >= 11 is 4.67. The topological polar surface area (TPSA) is 54.9 Å². The van der Waals surface area contributed by atoms with Crippen LogP contribution in [-0.4, -0.2) is 15.9 Å². The summed E-state index contributed by atoms with van der Waals surface area (Å²) in [7, 11) is 0. The van der Waals surface area contributed by atoms with Crippen LogP contribution in [-0.2, 0) is 0 Å². The molecule has 2 aromatic heterocycles. The number of amides is 1. The molecular weight excluding hydrogens is 326 g/mol. The van der Waals surface area contributed by atoms with Crippen molar-refractivity contribution >= 4 is 49.1 Å². The molecule has 3 aromatic rings. The molecule has 4 nitrogen and oxygen atoms in total. The molecule has 2 heterocycles. The number of nitrogens with zero attached hydrogens (tertiary/aromatic N) is 2. The highest BCUT2D eigenvalue weighted by atomic mass is 79.9. The minimum atomic E-state index is -0.251. The first kappa shape index (κ1) is 12.3. The Hall–Kier alpha value is -1.79. The number of nitrogens with one attached hydrogen (secondary N) is 1. The van der Waals surface area contributed by atoms with Crippen molar-refractivity contribution in [2.75, 3.05) is 5.32 Å². The molecule has 0 bridgehead atoms. The number of fused-ring (bicyclic) bond motifs is 1. The van der Waals surface area contributed by atoms with Gasteiger partial charge in [0.2, 0.25) is 0 Å². The summed E-state index contributed by atoms with van der Waals surface area (Å²) in [6.45, 7) is 0. The maximum Gasteiger partial charge on any atom is 0.276 e. The highest BCUT2D eigenvalue weighted by molar-refractivity contribution is 9.11. The number of carbonyl (C=O) groups is 1. The zero-order valence-electron chi connectivity index (χ0n) is 9.63. The Morgan fingerprint density at radius 2 is 2.05 bits per heavy atom. The van der Waals surface area contributed by atoms with E-state index in [0.717, 1.165) is 14.6 Å². The van der Waals surface area contributed by atoms with Gasteiger partial charge in [-0.05, 0) is 27.4 Å². The first-order valence-corrected chi connectivity index (χ1v) is 7.11. The van der Waals surface area contributed by atoms with Crippen molar-refractivity contribution in [3.63, 3.8) is 0 Å². The van der Waals surface area contributed by atoms with Crippen molar-refractivity contribution in [2.45, 2.75) is 0 Å². The highest BCUT2D eigenvalue weighted by Crippen LogP contribution is 2.24.